The lowest BCUT2D eigenvalue weighted by atomic mass is 10.1. The van der Waals surface area contributed by atoms with Gasteiger partial charge in [0, 0.05) is 44.5 Å². The predicted octanol–water partition coefficient (Wildman–Crippen LogP) is 5.60. The van der Waals surface area contributed by atoms with Gasteiger partial charge in [-0.2, -0.15) is 13.2 Å². The van der Waals surface area contributed by atoms with Crippen LogP contribution in [0.2, 0.25) is 0 Å². The molecular weight excluding hydrogens is 489 g/mol. The molecule has 0 atom stereocenters. The zero-order valence-electron chi connectivity index (χ0n) is 20.8. The molecule has 6 nitrogen and oxygen atoms in total. The van der Waals surface area contributed by atoms with Gasteiger partial charge in [-0.25, -0.2) is 9.38 Å². The van der Waals surface area contributed by atoms with E-state index in [1.807, 2.05) is 42.5 Å². The third-order valence-electron chi connectivity index (χ3n) is 7.06. The van der Waals surface area contributed by atoms with Gasteiger partial charge in [0.05, 0.1) is 11.1 Å². The number of hydrogen-bond donors (Lipinski definition) is 0. The molecule has 0 amide bonds. The SMILES string of the molecule is FC(F)(F)c1ccc(CN2CCCN(c3nc4ccccc4c4nnc(Cc5ccccc5)n34)CC2)cc1. The van der Waals surface area contributed by atoms with Crippen molar-refractivity contribution in [1.82, 2.24) is 24.5 Å². The third-order valence-corrected chi connectivity index (χ3v) is 7.06. The fraction of sp³-hybridized carbons (Fsp3) is 0.276. The lowest BCUT2D eigenvalue weighted by Gasteiger charge is -2.24. The Balaban J connectivity index is 1.28. The Labute approximate surface area is 218 Å². The topological polar surface area (TPSA) is 49.6 Å². The highest BCUT2D eigenvalue weighted by Gasteiger charge is 2.30. The molecule has 38 heavy (non-hydrogen) atoms. The highest BCUT2D eigenvalue weighted by atomic mass is 19.4. The first-order chi connectivity index (χ1) is 18.5. The van der Waals surface area contributed by atoms with Crippen LogP contribution in [0.15, 0.2) is 78.9 Å². The van der Waals surface area contributed by atoms with Gasteiger partial charge in [-0.3, -0.25) is 4.90 Å². The average molecular weight is 517 g/mol. The molecule has 1 fully saturated rings. The zero-order valence-corrected chi connectivity index (χ0v) is 20.8. The van der Waals surface area contributed by atoms with Gasteiger partial charge < -0.3 is 4.90 Å². The van der Waals surface area contributed by atoms with Crippen molar-refractivity contribution >= 4 is 22.5 Å². The maximum absolute atomic E-state index is 12.9. The molecule has 3 aromatic carbocycles. The number of fused-ring (bicyclic) bond motifs is 3. The molecule has 0 radical (unpaired) electrons. The van der Waals surface area contributed by atoms with Gasteiger partial charge in [-0.05, 0) is 41.8 Å². The van der Waals surface area contributed by atoms with Crippen molar-refractivity contribution in [2.45, 2.75) is 25.6 Å². The fourth-order valence-electron chi connectivity index (χ4n) is 5.11. The maximum Gasteiger partial charge on any atom is 0.416 e. The van der Waals surface area contributed by atoms with E-state index in [9.17, 15) is 13.2 Å². The van der Waals surface area contributed by atoms with Crippen LogP contribution >= 0.6 is 0 Å². The first-order valence-corrected chi connectivity index (χ1v) is 12.8. The highest BCUT2D eigenvalue weighted by Crippen LogP contribution is 2.30. The Bertz CT molecular complexity index is 1550. The van der Waals surface area contributed by atoms with Crippen molar-refractivity contribution in [3.05, 3.63) is 101 Å². The Morgan fingerprint density at radius 1 is 0.737 bits per heavy atom. The summed E-state index contributed by atoms with van der Waals surface area (Å²) in [5.74, 6) is 1.66. The van der Waals surface area contributed by atoms with Crippen molar-refractivity contribution in [1.29, 1.82) is 0 Å². The number of benzene rings is 3. The summed E-state index contributed by atoms with van der Waals surface area (Å²) in [6.07, 6.45) is -2.77. The second-order valence-corrected chi connectivity index (χ2v) is 9.68. The Morgan fingerprint density at radius 3 is 2.29 bits per heavy atom. The van der Waals surface area contributed by atoms with Gasteiger partial charge in [0.1, 0.15) is 5.82 Å². The Hall–Kier alpha value is -3.98. The van der Waals surface area contributed by atoms with Crippen molar-refractivity contribution in [3.8, 4) is 0 Å². The monoisotopic (exact) mass is 516 g/mol. The van der Waals surface area contributed by atoms with Gasteiger partial charge in [0.15, 0.2) is 5.65 Å². The maximum atomic E-state index is 12.9. The van der Waals surface area contributed by atoms with E-state index < -0.39 is 11.7 Å². The van der Waals surface area contributed by atoms with Crippen LogP contribution in [-0.2, 0) is 19.1 Å². The first-order valence-electron chi connectivity index (χ1n) is 12.8. The summed E-state index contributed by atoms with van der Waals surface area (Å²) in [5.41, 5.74) is 3.08. The molecule has 194 valence electrons. The molecule has 0 unspecified atom stereocenters. The number of para-hydroxylation sites is 1. The van der Waals surface area contributed by atoms with E-state index in [2.05, 4.69) is 36.5 Å². The minimum atomic E-state index is -4.32. The van der Waals surface area contributed by atoms with Crippen LogP contribution in [0.5, 0.6) is 0 Å². The normalized spacial score (nSPS) is 15.3. The highest BCUT2D eigenvalue weighted by molar-refractivity contribution is 5.92. The molecule has 5 aromatic rings. The van der Waals surface area contributed by atoms with E-state index in [-0.39, 0.29) is 0 Å². The summed E-state index contributed by atoms with van der Waals surface area (Å²) in [6.45, 7) is 3.79. The van der Waals surface area contributed by atoms with Crippen LogP contribution in [0.4, 0.5) is 19.1 Å². The number of aromatic nitrogens is 4. The molecule has 0 saturated carbocycles. The molecule has 2 aromatic heterocycles. The quantitative estimate of drug-likeness (QED) is 0.304. The summed E-state index contributed by atoms with van der Waals surface area (Å²) >= 11 is 0. The van der Waals surface area contributed by atoms with E-state index in [0.29, 0.717) is 13.0 Å². The summed E-state index contributed by atoms with van der Waals surface area (Å²) in [5, 5.41) is 10.1. The number of hydrogen-bond acceptors (Lipinski definition) is 5. The molecule has 1 saturated heterocycles. The number of alkyl halides is 3. The predicted molar refractivity (Wildman–Crippen MR) is 141 cm³/mol. The Morgan fingerprint density at radius 2 is 1.50 bits per heavy atom. The number of anilines is 1. The number of halogens is 3. The number of rotatable bonds is 5. The molecule has 0 N–H and O–H groups in total. The van der Waals surface area contributed by atoms with Gasteiger partial charge >= 0.3 is 6.18 Å². The molecule has 0 bridgehead atoms. The summed E-state index contributed by atoms with van der Waals surface area (Å²) in [4.78, 5) is 9.64. The summed E-state index contributed by atoms with van der Waals surface area (Å²) < 4.78 is 40.9. The molecular formula is C29H27F3N6. The van der Waals surface area contributed by atoms with E-state index in [0.717, 1.165) is 84.2 Å². The number of nitrogens with zero attached hydrogens (tertiary/aromatic N) is 6. The minimum absolute atomic E-state index is 0.610. The van der Waals surface area contributed by atoms with Gasteiger partial charge in [-0.1, -0.05) is 54.6 Å². The van der Waals surface area contributed by atoms with Crippen molar-refractivity contribution in [2.24, 2.45) is 0 Å². The third kappa shape index (κ3) is 4.93. The molecule has 1 aliphatic rings. The van der Waals surface area contributed by atoms with E-state index in [1.54, 1.807) is 12.1 Å². The molecule has 0 spiro atoms. The van der Waals surface area contributed by atoms with Gasteiger partial charge in [-0.15, -0.1) is 10.2 Å². The standard InChI is InChI=1S/C29H27F3N6/c30-29(31,32)23-13-11-22(12-14-23)20-36-15-6-16-37(18-17-36)28-33-25-10-5-4-9-24(25)27-35-34-26(38(27)28)19-21-7-2-1-3-8-21/h1-5,7-14H,6,15-20H2. The van der Waals surface area contributed by atoms with Crippen LogP contribution < -0.4 is 4.90 Å². The van der Waals surface area contributed by atoms with Crippen LogP contribution in [0.3, 0.4) is 0 Å². The van der Waals surface area contributed by atoms with Gasteiger partial charge in [0.2, 0.25) is 5.95 Å². The van der Waals surface area contributed by atoms with E-state index >= 15 is 0 Å². The molecule has 1 aliphatic heterocycles. The largest absolute Gasteiger partial charge is 0.416 e. The summed E-state index contributed by atoms with van der Waals surface area (Å²) in [6, 6.07) is 23.7. The molecule has 0 aliphatic carbocycles. The lowest BCUT2D eigenvalue weighted by molar-refractivity contribution is -0.137. The minimum Gasteiger partial charge on any atom is -0.341 e. The summed E-state index contributed by atoms with van der Waals surface area (Å²) in [7, 11) is 0. The zero-order chi connectivity index (χ0) is 26.1. The second-order valence-electron chi connectivity index (χ2n) is 9.68. The van der Waals surface area contributed by atoms with E-state index in [1.165, 1.54) is 0 Å². The lowest BCUT2D eigenvalue weighted by Crippen LogP contribution is -2.32. The Kier molecular flexibility index (Phi) is 6.45. The van der Waals surface area contributed by atoms with Crippen molar-refractivity contribution in [3.63, 3.8) is 0 Å². The van der Waals surface area contributed by atoms with Crippen molar-refractivity contribution < 1.29 is 13.2 Å². The van der Waals surface area contributed by atoms with Crippen LogP contribution in [0.1, 0.15) is 28.9 Å². The second kappa shape index (κ2) is 10.1. The fourth-order valence-corrected chi connectivity index (χ4v) is 5.11. The van der Waals surface area contributed by atoms with Crippen molar-refractivity contribution in [2.75, 3.05) is 31.1 Å². The average Bonchev–Trinajstić information content (AvgIpc) is 3.20. The van der Waals surface area contributed by atoms with Gasteiger partial charge in [0.25, 0.3) is 0 Å². The van der Waals surface area contributed by atoms with Crippen LogP contribution in [0, 0.1) is 0 Å². The van der Waals surface area contributed by atoms with E-state index in [4.69, 9.17) is 4.98 Å². The molecule has 9 heteroatoms. The van der Waals surface area contributed by atoms with Crippen LogP contribution in [0.25, 0.3) is 16.6 Å². The smallest absolute Gasteiger partial charge is 0.341 e. The van der Waals surface area contributed by atoms with Crippen LogP contribution in [-0.4, -0.2) is 50.7 Å². The molecule has 3 heterocycles. The molecule has 6 rings (SSSR count). The first kappa shape index (κ1) is 24.4.